The Morgan fingerprint density at radius 3 is 2.50 bits per heavy atom. The normalized spacial score (nSPS) is 19.1. The fourth-order valence-corrected chi connectivity index (χ4v) is 2.28. The molecule has 0 unspecified atom stereocenters. The highest BCUT2D eigenvalue weighted by Crippen LogP contribution is 2.11. The van der Waals surface area contributed by atoms with E-state index >= 15 is 0 Å². The minimum atomic E-state index is 1.12. The summed E-state index contributed by atoms with van der Waals surface area (Å²) < 4.78 is 0. The quantitative estimate of drug-likeness (QED) is 0.818. The Hall–Kier alpha value is -0.860. The van der Waals surface area contributed by atoms with Gasteiger partial charge < -0.3 is 5.32 Å². The maximum Gasteiger partial charge on any atom is 0.0236 e. The van der Waals surface area contributed by atoms with E-state index in [2.05, 4.69) is 41.4 Å². The number of nitrogens with zero attached hydrogens (tertiary/aromatic N) is 1. The summed E-state index contributed by atoms with van der Waals surface area (Å²) in [7, 11) is 0. The van der Waals surface area contributed by atoms with Crippen LogP contribution < -0.4 is 5.32 Å². The second-order valence-corrected chi connectivity index (χ2v) is 4.66. The Labute approximate surface area is 98.7 Å². The monoisotopic (exact) mass is 218 g/mol. The minimum absolute atomic E-state index is 1.12. The molecule has 0 bridgehead atoms. The van der Waals surface area contributed by atoms with Gasteiger partial charge in [0.2, 0.25) is 0 Å². The molecule has 1 saturated heterocycles. The van der Waals surface area contributed by atoms with Crippen molar-refractivity contribution in [3.05, 3.63) is 35.4 Å². The van der Waals surface area contributed by atoms with Gasteiger partial charge in [0.25, 0.3) is 0 Å². The van der Waals surface area contributed by atoms with Gasteiger partial charge in [-0.25, -0.2) is 0 Å². The summed E-state index contributed by atoms with van der Waals surface area (Å²) in [6, 6.07) is 8.73. The summed E-state index contributed by atoms with van der Waals surface area (Å²) in [6.45, 7) is 8.12. The topological polar surface area (TPSA) is 15.3 Å². The highest BCUT2D eigenvalue weighted by molar-refractivity contribution is 5.25. The van der Waals surface area contributed by atoms with Crippen molar-refractivity contribution in [3.63, 3.8) is 0 Å². The van der Waals surface area contributed by atoms with Crippen LogP contribution in [0.2, 0.25) is 0 Å². The van der Waals surface area contributed by atoms with Gasteiger partial charge in [0, 0.05) is 6.54 Å². The van der Waals surface area contributed by atoms with E-state index in [-0.39, 0.29) is 0 Å². The maximum absolute atomic E-state index is 3.46. The van der Waals surface area contributed by atoms with Gasteiger partial charge in [-0.2, -0.15) is 0 Å². The van der Waals surface area contributed by atoms with Crippen molar-refractivity contribution in [2.45, 2.75) is 26.3 Å². The van der Waals surface area contributed by atoms with Gasteiger partial charge in [-0.3, -0.25) is 4.90 Å². The summed E-state index contributed by atoms with van der Waals surface area (Å²) in [6.07, 6.45) is 2.54. The van der Waals surface area contributed by atoms with Gasteiger partial charge in [0.05, 0.1) is 0 Å². The molecule has 0 radical (unpaired) electrons. The van der Waals surface area contributed by atoms with Crippen LogP contribution in [-0.2, 0) is 6.54 Å². The second kappa shape index (κ2) is 6.02. The van der Waals surface area contributed by atoms with Crippen molar-refractivity contribution in [1.29, 1.82) is 0 Å². The fourth-order valence-electron chi connectivity index (χ4n) is 2.28. The van der Waals surface area contributed by atoms with Crippen molar-refractivity contribution in [2.75, 3.05) is 26.2 Å². The third-order valence-electron chi connectivity index (χ3n) is 3.31. The summed E-state index contributed by atoms with van der Waals surface area (Å²) in [4.78, 5) is 2.59. The van der Waals surface area contributed by atoms with E-state index in [1.807, 2.05) is 0 Å². The van der Waals surface area contributed by atoms with E-state index in [9.17, 15) is 0 Å². The minimum Gasteiger partial charge on any atom is -0.317 e. The lowest BCUT2D eigenvalue weighted by molar-refractivity contribution is 0.244. The van der Waals surface area contributed by atoms with Crippen molar-refractivity contribution < 1.29 is 0 Å². The van der Waals surface area contributed by atoms with Crippen LogP contribution in [-0.4, -0.2) is 31.1 Å². The number of aryl methyl sites for hydroxylation is 1. The lowest BCUT2D eigenvalue weighted by Crippen LogP contribution is -2.33. The van der Waals surface area contributed by atoms with Gasteiger partial charge in [-0.15, -0.1) is 0 Å². The molecular weight excluding hydrogens is 196 g/mol. The van der Waals surface area contributed by atoms with E-state index in [1.54, 1.807) is 0 Å². The standard InChI is InChI=1S/C14H22N2/c1-13-6-2-3-7-14(13)12-16-10-4-8-15-9-5-11-16/h2-3,6-7,15H,4-5,8-12H2,1H3. The molecule has 2 nitrogen and oxygen atoms in total. The maximum atomic E-state index is 3.46. The third kappa shape index (κ3) is 3.32. The molecule has 1 heterocycles. The smallest absolute Gasteiger partial charge is 0.0236 e. The Kier molecular flexibility index (Phi) is 4.37. The highest BCUT2D eigenvalue weighted by Gasteiger charge is 2.08. The average Bonchev–Trinajstić information content (AvgIpc) is 2.24. The van der Waals surface area contributed by atoms with Crippen LogP contribution in [0.1, 0.15) is 24.0 Å². The highest BCUT2D eigenvalue weighted by atomic mass is 15.1. The first-order chi connectivity index (χ1) is 7.86. The average molecular weight is 218 g/mol. The lowest BCUT2D eigenvalue weighted by Gasteiger charge is -2.25. The number of nitrogens with one attached hydrogen (secondary N) is 1. The first kappa shape index (κ1) is 11.6. The van der Waals surface area contributed by atoms with Crippen LogP contribution in [0.5, 0.6) is 0 Å². The zero-order valence-electron chi connectivity index (χ0n) is 10.2. The molecule has 1 aromatic carbocycles. The first-order valence-electron chi connectivity index (χ1n) is 6.34. The molecule has 1 aliphatic heterocycles. The molecule has 1 aromatic rings. The lowest BCUT2D eigenvalue weighted by atomic mass is 10.1. The van der Waals surface area contributed by atoms with Gasteiger partial charge in [0.1, 0.15) is 0 Å². The molecule has 1 aliphatic rings. The van der Waals surface area contributed by atoms with E-state index < -0.39 is 0 Å². The SMILES string of the molecule is Cc1ccccc1CN1CCCNCCC1. The third-order valence-corrected chi connectivity index (χ3v) is 3.31. The Balaban J connectivity index is 1.94. The molecule has 2 heteroatoms. The predicted octanol–water partition coefficient (Wildman–Crippen LogP) is 2.18. The van der Waals surface area contributed by atoms with Gasteiger partial charge in [0.15, 0.2) is 0 Å². The van der Waals surface area contributed by atoms with Crippen LogP contribution in [0, 0.1) is 6.92 Å². The van der Waals surface area contributed by atoms with Crippen LogP contribution in [0.4, 0.5) is 0 Å². The molecule has 0 amide bonds. The van der Waals surface area contributed by atoms with E-state index in [0.29, 0.717) is 0 Å². The van der Waals surface area contributed by atoms with Crippen molar-refractivity contribution in [1.82, 2.24) is 10.2 Å². The Bertz CT molecular complexity index is 314. The molecule has 88 valence electrons. The molecule has 0 aromatic heterocycles. The molecule has 0 atom stereocenters. The molecule has 0 saturated carbocycles. The van der Waals surface area contributed by atoms with E-state index in [0.717, 1.165) is 6.54 Å². The number of hydrogen-bond acceptors (Lipinski definition) is 2. The number of rotatable bonds is 2. The summed E-state index contributed by atoms with van der Waals surface area (Å²) in [5, 5.41) is 3.46. The predicted molar refractivity (Wildman–Crippen MR) is 68.6 cm³/mol. The number of benzene rings is 1. The van der Waals surface area contributed by atoms with E-state index in [4.69, 9.17) is 0 Å². The zero-order chi connectivity index (χ0) is 11.2. The second-order valence-electron chi connectivity index (χ2n) is 4.66. The summed E-state index contributed by atoms with van der Waals surface area (Å²) >= 11 is 0. The molecule has 0 aliphatic carbocycles. The van der Waals surface area contributed by atoms with Crippen LogP contribution in [0.15, 0.2) is 24.3 Å². The Morgan fingerprint density at radius 2 is 1.81 bits per heavy atom. The molecule has 1 fully saturated rings. The van der Waals surface area contributed by atoms with Crippen molar-refractivity contribution in [2.24, 2.45) is 0 Å². The first-order valence-corrected chi connectivity index (χ1v) is 6.34. The zero-order valence-corrected chi connectivity index (χ0v) is 10.2. The van der Waals surface area contributed by atoms with Crippen LogP contribution in [0.25, 0.3) is 0 Å². The van der Waals surface area contributed by atoms with Crippen molar-refractivity contribution >= 4 is 0 Å². The Morgan fingerprint density at radius 1 is 1.12 bits per heavy atom. The van der Waals surface area contributed by atoms with Gasteiger partial charge in [-0.05, 0) is 57.1 Å². The van der Waals surface area contributed by atoms with Crippen LogP contribution in [0.3, 0.4) is 0 Å². The molecule has 16 heavy (non-hydrogen) atoms. The molecule has 0 spiro atoms. The van der Waals surface area contributed by atoms with E-state index in [1.165, 1.54) is 50.1 Å². The number of hydrogen-bond donors (Lipinski definition) is 1. The largest absolute Gasteiger partial charge is 0.317 e. The van der Waals surface area contributed by atoms with Crippen LogP contribution >= 0.6 is 0 Å². The molecule has 2 rings (SSSR count). The molecule has 1 N–H and O–H groups in total. The molecular formula is C14H22N2. The van der Waals surface area contributed by atoms with Gasteiger partial charge in [-0.1, -0.05) is 24.3 Å². The van der Waals surface area contributed by atoms with Gasteiger partial charge >= 0.3 is 0 Å². The summed E-state index contributed by atoms with van der Waals surface area (Å²) in [5.41, 5.74) is 2.90. The summed E-state index contributed by atoms with van der Waals surface area (Å²) in [5.74, 6) is 0. The fraction of sp³-hybridized carbons (Fsp3) is 0.571. The van der Waals surface area contributed by atoms with Crippen molar-refractivity contribution in [3.8, 4) is 0 Å².